The van der Waals surface area contributed by atoms with Gasteiger partial charge in [-0.3, -0.25) is 19.6 Å². The van der Waals surface area contributed by atoms with E-state index in [1.165, 1.54) is 18.2 Å². The molecule has 0 saturated carbocycles. The molecule has 1 saturated heterocycles. The summed E-state index contributed by atoms with van der Waals surface area (Å²) in [7, 11) is -0.285. The number of nitrogens with zero attached hydrogens (tertiary/aromatic N) is 2. The van der Waals surface area contributed by atoms with Gasteiger partial charge in [-0.1, -0.05) is 22.0 Å². The van der Waals surface area contributed by atoms with Crippen molar-refractivity contribution in [2.45, 2.75) is 87.7 Å². The minimum Gasteiger partial charge on any atom is -0.399 e. The maximum atomic E-state index is 13.3. The van der Waals surface area contributed by atoms with E-state index in [0.717, 1.165) is 52.5 Å². The van der Waals surface area contributed by atoms with E-state index in [9.17, 15) is 35.9 Å². The predicted molar refractivity (Wildman–Crippen MR) is 212 cm³/mol. The van der Waals surface area contributed by atoms with Crippen LogP contribution < -0.4 is 16.9 Å². The van der Waals surface area contributed by atoms with Crippen LogP contribution in [0.4, 0.5) is 26.3 Å². The van der Waals surface area contributed by atoms with Crippen molar-refractivity contribution in [2.24, 2.45) is 11.5 Å². The van der Waals surface area contributed by atoms with Crippen LogP contribution in [0.5, 0.6) is 0 Å². The smallest absolute Gasteiger partial charge is 0.399 e. The van der Waals surface area contributed by atoms with Gasteiger partial charge in [0.15, 0.2) is 0 Å². The summed E-state index contributed by atoms with van der Waals surface area (Å²) >= 11 is 4.94. The third kappa shape index (κ3) is 14.1. The molecule has 0 radical (unpaired) electrons. The van der Waals surface area contributed by atoms with Crippen molar-refractivity contribution in [3.8, 4) is 11.1 Å². The minimum atomic E-state index is -4.47. The Morgan fingerprint density at radius 2 is 1.14 bits per heavy atom. The van der Waals surface area contributed by atoms with Crippen molar-refractivity contribution in [2.75, 3.05) is 11.5 Å². The average Bonchev–Trinajstić information content (AvgIpc) is 3.31. The normalized spacial score (nSPS) is 14.6. The number of nitrogens with two attached hydrogens (primary N) is 2. The second-order valence-corrected chi connectivity index (χ2v) is 16.7. The monoisotopic (exact) mass is 886 g/mol. The molecule has 1 aliphatic rings. The summed E-state index contributed by atoms with van der Waals surface area (Å²) in [5.41, 5.74) is 11.9. The number of pyridine rings is 2. The zero-order chi connectivity index (χ0) is 42.1. The summed E-state index contributed by atoms with van der Waals surface area (Å²) in [4.78, 5) is 29.6. The van der Waals surface area contributed by atoms with Crippen LogP contribution in [-0.2, 0) is 31.3 Å². The van der Waals surface area contributed by atoms with Gasteiger partial charge in [0.2, 0.25) is 11.8 Å². The van der Waals surface area contributed by atoms with E-state index in [-0.39, 0.29) is 52.5 Å². The molecule has 1 aliphatic heterocycles. The third-order valence-electron chi connectivity index (χ3n) is 8.42. The standard InChI is InChI=1S/C16H15F3N2OS.C12H18BNO2.C10H9BrF3NOS/c1-10-8-12(4-6-21-10)11-2-3-14(23-7-5-15(20)22)13(9-11)16(17,18)19;1-9-8-10(6-7-14-9)13-15-11(2,3)12(4,5)16-13;11-6-1-2-8(17-4-3-9(15)16)7(5-6)10(12,13)14/h2-4,6,8-9H,5,7H2,1H3,(H2,20,22);6-8H,1-5H3;1-2,5H,3-4H2,(H2,15,16). The SMILES string of the molecule is Cc1cc(-c2ccc(SCCC(N)=O)c(C(F)(F)F)c2)ccn1.Cc1cc(B2OC(C)(C)C(C)(C)O2)ccn1.NC(=O)CCSc1ccc(Br)cc1C(F)(F)F. The number of amides is 2. The first-order valence-corrected chi connectivity index (χ1v) is 19.8. The molecule has 4 N–H and O–H groups in total. The molecule has 4 aromatic rings. The predicted octanol–water partition coefficient (Wildman–Crippen LogP) is 9.17. The number of benzene rings is 2. The van der Waals surface area contributed by atoms with Gasteiger partial charge in [-0.05, 0) is 113 Å². The second kappa shape index (κ2) is 19.7. The molecule has 2 aromatic carbocycles. The van der Waals surface area contributed by atoms with E-state index in [0.29, 0.717) is 15.6 Å². The van der Waals surface area contributed by atoms with Gasteiger partial charge >= 0.3 is 19.5 Å². The number of primary amides is 2. The van der Waals surface area contributed by atoms with E-state index in [1.807, 2.05) is 19.1 Å². The molecule has 2 aromatic heterocycles. The molecule has 302 valence electrons. The highest BCUT2D eigenvalue weighted by Crippen LogP contribution is 2.40. The van der Waals surface area contributed by atoms with Crippen LogP contribution in [0.25, 0.3) is 11.1 Å². The molecular formula is C38H42BBrF6N4O4S2. The zero-order valence-corrected chi connectivity index (χ0v) is 34.7. The molecule has 56 heavy (non-hydrogen) atoms. The molecule has 5 rings (SSSR count). The minimum absolute atomic E-state index is 0.0350. The van der Waals surface area contributed by atoms with Crippen molar-refractivity contribution in [3.63, 3.8) is 0 Å². The van der Waals surface area contributed by atoms with Gasteiger partial charge in [0, 0.05) is 62.4 Å². The number of carbonyl (C=O) groups is 2. The number of aryl methyl sites for hydroxylation is 2. The molecule has 3 heterocycles. The molecule has 8 nitrogen and oxygen atoms in total. The summed E-state index contributed by atoms with van der Waals surface area (Å²) in [6.45, 7) is 12.0. The van der Waals surface area contributed by atoms with Crippen LogP contribution in [0, 0.1) is 13.8 Å². The Hall–Kier alpha value is -3.58. The van der Waals surface area contributed by atoms with E-state index in [1.54, 1.807) is 37.5 Å². The number of halogens is 7. The first kappa shape index (κ1) is 46.8. The number of alkyl halides is 6. The first-order chi connectivity index (χ1) is 25.9. The van der Waals surface area contributed by atoms with Gasteiger partial charge in [-0.25, -0.2) is 0 Å². The molecule has 0 bridgehead atoms. The van der Waals surface area contributed by atoms with Gasteiger partial charge in [0.1, 0.15) is 0 Å². The Balaban J connectivity index is 0.000000230. The summed E-state index contributed by atoms with van der Waals surface area (Å²) in [5, 5.41) is 0. The van der Waals surface area contributed by atoms with Crippen molar-refractivity contribution in [3.05, 3.63) is 100 Å². The molecule has 1 fully saturated rings. The van der Waals surface area contributed by atoms with Gasteiger partial charge in [0.05, 0.1) is 22.3 Å². The lowest BCUT2D eigenvalue weighted by Crippen LogP contribution is -2.41. The number of aromatic nitrogens is 2. The molecule has 2 amide bonds. The maximum absolute atomic E-state index is 13.3. The van der Waals surface area contributed by atoms with Gasteiger partial charge in [-0.2, -0.15) is 26.3 Å². The number of carbonyl (C=O) groups excluding carboxylic acids is 2. The zero-order valence-electron chi connectivity index (χ0n) is 31.5. The Morgan fingerprint density at radius 3 is 1.61 bits per heavy atom. The number of hydrogen-bond acceptors (Lipinski definition) is 8. The Kier molecular flexibility index (Phi) is 16.5. The van der Waals surface area contributed by atoms with Gasteiger partial charge < -0.3 is 20.8 Å². The fourth-order valence-corrected chi connectivity index (χ4v) is 7.24. The van der Waals surface area contributed by atoms with Gasteiger partial charge in [0.25, 0.3) is 0 Å². The topological polar surface area (TPSA) is 130 Å². The third-order valence-corrected chi connectivity index (χ3v) is 11.1. The Morgan fingerprint density at radius 1 is 0.696 bits per heavy atom. The van der Waals surface area contributed by atoms with Crippen LogP contribution in [0.3, 0.4) is 0 Å². The average molecular weight is 888 g/mol. The molecule has 0 aliphatic carbocycles. The van der Waals surface area contributed by atoms with Crippen LogP contribution >= 0.6 is 39.5 Å². The second-order valence-electron chi connectivity index (χ2n) is 13.5. The summed E-state index contributed by atoms with van der Waals surface area (Å²) in [6, 6.07) is 15.5. The number of rotatable bonds is 10. The number of hydrogen-bond donors (Lipinski definition) is 2. The van der Waals surface area contributed by atoms with E-state index >= 15 is 0 Å². The van der Waals surface area contributed by atoms with Crippen LogP contribution in [0.15, 0.2) is 87.3 Å². The van der Waals surface area contributed by atoms with E-state index in [4.69, 9.17) is 20.8 Å². The lowest BCUT2D eigenvalue weighted by molar-refractivity contribution is -0.140. The summed E-state index contributed by atoms with van der Waals surface area (Å²) in [5.74, 6) is -0.607. The summed E-state index contributed by atoms with van der Waals surface area (Å²) < 4.78 is 90.2. The lowest BCUT2D eigenvalue weighted by Gasteiger charge is -2.32. The summed E-state index contributed by atoms with van der Waals surface area (Å²) in [6.07, 6.45) is -5.43. The molecule has 0 unspecified atom stereocenters. The number of thioether (sulfide) groups is 2. The Bertz CT molecular complexity index is 1970. The van der Waals surface area contributed by atoms with Gasteiger partial charge in [-0.15, -0.1) is 23.5 Å². The fraction of sp³-hybridized carbons (Fsp3) is 0.368. The molecular weight excluding hydrogens is 845 g/mol. The van der Waals surface area contributed by atoms with Crippen molar-refractivity contribution >= 4 is 63.8 Å². The highest BCUT2D eigenvalue weighted by molar-refractivity contribution is 9.10. The first-order valence-electron chi connectivity index (χ1n) is 17.0. The highest BCUT2D eigenvalue weighted by Gasteiger charge is 2.51. The van der Waals surface area contributed by atoms with Crippen LogP contribution in [0.2, 0.25) is 0 Å². The lowest BCUT2D eigenvalue weighted by atomic mass is 9.79. The van der Waals surface area contributed by atoms with Crippen LogP contribution in [0.1, 0.15) is 63.1 Å². The van der Waals surface area contributed by atoms with Crippen molar-refractivity contribution < 1.29 is 45.2 Å². The largest absolute Gasteiger partial charge is 0.494 e. The Labute approximate surface area is 339 Å². The molecule has 0 atom stereocenters. The maximum Gasteiger partial charge on any atom is 0.494 e. The van der Waals surface area contributed by atoms with Crippen LogP contribution in [-0.4, -0.2) is 51.6 Å². The van der Waals surface area contributed by atoms with Crippen molar-refractivity contribution in [1.29, 1.82) is 0 Å². The van der Waals surface area contributed by atoms with Crippen molar-refractivity contribution in [1.82, 2.24) is 9.97 Å². The fourth-order valence-electron chi connectivity index (χ4n) is 4.85. The molecule has 0 spiro atoms. The highest BCUT2D eigenvalue weighted by atomic mass is 79.9. The quantitative estimate of drug-likeness (QED) is 0.0917. The van der Waals surface area contributed by atoms with E-state index < -0.39 is 35.3 Å². The molecule has 18 heteroatoms. The van der Waals surface area contributed by atoms with E-state index in [2.05, 4.69) is 53.6 Å².